The van der Waals surface area contributed by atoms with Gasteiger partial charge in [0.2, 0.25) is 0 Å². The fraction of sp³-hybridized carbons (Fsp3) is 0.208. The number of aromatic nitrogens is 3. The Hall–Kier alpha value is -2.68. The molecule has 0 saturated carbocycles. The minimum Gasteiger partial charge on any atom is -0.467 e. The standard InChI is InChI=1S/C24H21N3O2S3/c1-3-19-11-20-22(32-19)26-24(27(23(20)28)12-18-5-4-10-29-18)31-14-17-13-30-21(25-17)16-8-6-15(2)7-9-16/h4-11,13H,3,12,14H2,1-2H3. The van der Waals surface area contributed by atoms with Crippen LogP contribution in [-0.4, -0.2) is 14.5 Å². The van der Waals surface area contributed by atoms with Gasteiger partial charge in [0.25, 0.3) is 5.56 Å². The van der Waals surface area contributed by atoms with Crippen molar-refractivity contribution in [3.05, 3.63) is 86.4 Å². The summed E-state index contributed by atoms with van der Waals surface area (Å²) in [6, 6.07) is 14.1. The molecule has 1 aromatic carbocycles. The fourth-order valence-corrected chi connectivity index (χ4v) is 6.20. The number of rotatable bonds is 7. The molecule has 4 aromatic heterocycles. The Bertz CT molecular complexity index is 1410. The fourth-order valence-electron chi connectivity index (χ4n) is 3.37. The average molecular weight is 480 g/mol. The molecule has 5 rings (SSSR count). The topological polar surface area (TPSA) is 60.9 Å². The SMILES string of the molecule is CCc1cc2c(=O)n(Cc3ccco3)c(SCc3csc(-c4ccc(C)cc4)n3)nc2s1. The number of thioether (sulfide) groups is 1. The molecule has 0 radical (unpaired) electrons. The van der Waals surface area contributed by atoms with Gasteiger partial charge in [-0.15, -0.1) is 22.7 Å². The van der Waals surface area contributed by atoms with Crippen LogP contribution in [-0.2, 0) is 18.7 Å². The van der Waals surface area contributed by atoms with Crippen LogP contribution in [0.4, 0.5) is 0 Å². The van der Waals surface area contributed by atoms with E-state index in [9.17, 15) is 4.79 Å². The van der Waals surface area contributed by atoms with E-state index >= 15 is 0 Å². The lowest BCUT2D eigenvalue weighted by molar-refractivity contribution is 0.477. The zero-order chi connectivity index (χ0) is 22.1. The molecule has 0 aliphatic rings. The molecule has 0 unspecified atom stereocenters. The van der Waals surface area contributed by atoms with Crippen LogP contribution in [0, 0.1) is 6.92 Å². The molecular formula is C24H21N3O2S3. The first-order valence-electron chi connectivity index (χ1n) is 10.3. The highest BCUT2D eigenvalue weighted by molar-refractivity contribution is 7.98. The van der Waals surface area contributed by atoms with Gasteiger partial charge in [0.05, 0.1) is 23.9 Å². The molecule has 0 amide bonds. The summed E-state index contributed by atoms with van der Waals surface area (Å²) in [5.74, 6) is 1.38. The largest absolute Gasteiger partial charge is 0.467 e. The monoisotopic (exact) mass is 479 g/mol. The van der Waals surface area contributed by atoms with Crippen LogP contribution >= 0.6 is 34.4 Å². The Morgan fingerprint density at radius 2 is 2.00 bits per heavy atom. The second-order valence-electron chi connectivity index (χ2n) is 7.45. The number of fused-ring (bicyclic) bond motifs is 1. The van der Waals surface area contributed by atoms with Crippen molar-refractivity contribution in [1.82, 2.24) is 14.5 Å². The average Bonchev–Trinajstić information content (AvgIpc) is 3.56. The summed E-state index contributed by atoms with van der Waals surface area (Å²) < 4.78 is 7.22. The maximum Gasteiger partial charge on any atom is 0.263 e. The van der Waals surface area contributed by atoms with E-state index in [0.717, 1.165) is 33.3 Å². The van der Waals surface area contributed by atoms with Gasteiger partial charge in [-0.3, -0.25) is 9.36 Å². The van der Waals surface area contributed by atoms with Crippen molar-refractivity contribution >= 4 is 44.7 Å². The molecule has 0 atom stereocenters. The van der Waals surface area contributed by atoms with Gasteiger partial charge in [-0.25, -0.2) is 9.97 Å². The van der Waals surface area contributed by atoms with E-state index in [1.54, 1.807) is 33.5 Å². The predicted molar refractivity (Wildman–Crippen MR) is 133 cm³/mol. The molecule has 162 valence electrons. The van der Waals surface area contributed by atoms with Crippen LogP contribution in [0.5, 0.6) is 0 Å². The summed E-state index contributed by atoms with van der Waals surface area (Å²) >= 11 is 4.77. The van der Waals surface area contributed by atoms with E-state index in [-0.39, 0.29) is 5.56 Å². The van der Waals surface area contributed by atoms with E-state index in [4.69, 9.17) is 14.4 Å². The van der Waals surface area contributed by atoms with E-state index in [0.29, 0.717) is 22.8 Å². The van der Waals surface area contributed by atoms with Crippen LogP contribution in [0.1, 0.15) is 28.8 Å². The quantitative estimate of drug-likeness (QED) is 0.200. The Kier molecular flexibility index (Phi) is 5.99. The summed E-state index contributed by atoms with van der Waals surface area (Å²) in [6.45, 7) is 4.53. The lowest BCUT2D eigenvalue weighted by Gasteiger charge is -2.10. The minimum absolute atomic E-state index is 0.0246. The smallest absolute Gasteiger partial charge is 0.263 e. The Morgan fingerprint density at radius 1 is 1.16 bits per heavy atom. The predicted octanol–water partition coefficient (Wildman–Crippen LogP) is 6.39. The molecule has 0 bridgehead atoms. The molecule has 0 saturated heterocycles. The highest BCUT2D eigenvalue weighted by Crippen LogP contribution is 2.30. The zero-order valence-corrected chi connectivity index (χ0v) is 20.1. The first-order valence-corrected chi connectivity index (χ1v) is 13.0. The van der Waals surface area contributed by atoms with E-state index < -0.39 is 0 Å². The number of furan rings is 1. The first-order chi connectivity index (χ1) is 15.6. The third kappa shape index (κ3) is 4.30. The summed E-state index contributed by atoms with van der Waals surface area (Å²) in [7, 11) is 0. The van der Waals surface area contributed by atoms with Gasteiger partial charge in [-0.1, -0.05) is 48.5 Å². The van der Waals surface area contributed by atoms with E-state index in [1.165, 1.54) is 22.2 Å². The number of hydrogen-bond donors (Lipinski definition) is 0. The van der Waals surface area contributed by atoms with Crippen LogP contribution < -0.4 is 5.56 Å². The second-order valence-corrected chi connectivity index (χ2v) is 10.4. The van der Waals surface area contributed by atoms with E-state index in [2.05, 4.69) is 43.5 Å². The van der Waals surface area contributed by atoms with Crippen molar-refractivity contribution in [1.29, 1.82) is 0 Å². The maximum absolute atomic E-state index is 13.3. The number of hydrogen-bond acceptors (Lipinski definition) is 7. The summed E-state index contributed by atoms with van der Waals surface area (Å²) in [6.07, 6.45) is 2.52. The van der Waals surface area contributed by atoms with E-state index in [1.807, 2.05) is 18.2 Å². The van der Waals surface area contributed by atoms with Crippen LogP contribution in [0.3, 0.4) is 0 Å². The third-order valence-corrected chi connectivity index (χ3v) is 8.23. The van der Waals surface area contributed by atoms with Crippen molar-refractivity contribution < 1.29 is 4.42 Å². The number of aryl methyl sites for hydroxylation is 2. The molecule has 0 N–H and O–H groups in total. The minimum atomic E-state index is -0.0246. The summed E-state index contributed by atoms with van der Waals surface area (Å²) in [5.41, 5.74) is 3.31. The van der Waals surface area contributed by atoms with Gasteiger partial charge in [0, 0.05) is 21.6 Å². The molecule has 4 heterocycles. The van der Waals surface area contributed by atoms with Gasteiger partial charge < -0.3 is 4.42 Å². The normalized spacial score (nSPS) is 11.4. The molecular weight excluding hydrogens is 458 g/mol. The zero-order valence-electron chi connectivity index (χ0n) is 17.7. The van der Waals surface area contributed by atoms with Crippen molar-refractivity contribution in [2.45, 2.75) is 37.7 Å². The van der Waals surface area contributed by atoms with Crippen molar-refractivity contribution in [2.75, 3.05) is 0 Å². The Morgan fingerprint density at radius 3 is 2.75 bits per heavy atom. The van der Waals surface area contributed by atoms with Crippen molar-refractivity contribution in [3.63, 3.8) is 0 Å². The molecule has 0 fully saturated rings. The molecule has 5 aromatic rings. The highest BCUT2D eigenvalue weighted by Gasteiger charge is 2.16. The highest BCUT2D eigenvalue weighted by atomic mass is 32.2. The molecule has 8 heteroatoms. The Balaban J connectivity index is 1.45. The third-order valence-electron chi connectivity index (χ3n) is 5.11. The molecule has 32 heavy (non-hydrogen) atoms. The van der Waals surface area contributed by atoms with Crippen LogP contribution in [0.15, 0.2) is 68.5 Å². The molecule has 0 aliphatic carbocycles. The second kappa shape index (κ2) is 9.05. The van der Waals surface area contributed by atoms with Crippen LogP contribution in [0.2, 0.25) is 0 Å². The summed E-state index contributed by atoms with van der Waals surface area (Å²) in [5, 5.41) is 4.45. The lowest BCUT2D eigenvalue weighted by atomic mass is 10.2. The molecule has 0 spiro atoms. The number of nitrogens with zero attached hydrogens (tertiary/aromatic N) is 3. The van der Waals surface area contributed by atoms with Gasteiger partial charge in [0.15, 0.2) is 5.16 Å². The maximum atomic E-state index is 13.3. The van der Waals surface area contributed by atoms with Gasteiger partial charge in [-0.05, 0) is 31.5 Å². The number of thiophene rings is 1. The summed E-state index contributed by atoms with van der Waals surface area (Å²) in [4.78, 5) is 24.9. The van der Waals surface area contributed by atoms with Gasteiger partial charge in [0.1, 0.15) is 15.6 Å². The Labute approximate surface area is 197 Å². The molecule has 5 nitrogen and oxygen atoms in total. The first kappa shape index (κ1) is 21.2. The van der Waals surface area contributed by atoms with Gasteiger partial charge >= 0.3 is 0 Å². The van der Waals surface area contributed by atoms with Crippen molar-refractivity contribution in [2.24, 2.45) is 0 Å². The van der Waals surface area contributed by atoms with Crippen LogP contribution in [0.25, 0.3) is 20.8 Å². The number of thiazole rings is 1. The lowest BCUT2D eigenvalue weighted by Crippen LogP contribution is -2.23. The van der Waals surface area contributed by atoms with Crippen molar-refractivity contribution in [3.8, 4) is 10.6 Å². The molecule has 0 aliphatic heterocycles. The van der Waals surface area contributed by atoms with Gasteiger partial charge in [-0.2, -0.15) is 0 Å². The number of benzene rings is 1.